The predicted octanol–water partition coefficient (Wildman–Crippen LogP) is 0.0886. The molecule has 0 aliphatic carbocycles. The Kier molecular flexibility index (Phi) is 5.63. The lowest BCUT2D eigenvalue weighted by molar-refractivity contribution is 0.334. The number of nitrogens with two attached hydrogens (primary N) is 1. The maximum atomic E-state index is 11.5. The molecule has 1 unspecified atom stereocenters. The van der Waals surface area contributed by atoms with Crippen LogP contribution >= 0.6 is 0 Å². The summed E-state index contributed by atoms with van der Waals surface area (Å²) in [6, 6.07) is 0.0850. The second-order valence-corrected chi connectivity index (χ2v) is 6.83. The Morgan fingerprint density at radius 1 is 1.29 bits per heavy atom. The third-order valence-corrected chi connectivity index (χ3v) is 4.26. The number of hydrogen-bond donors (Lipinski definition) is 1. The lowest BCUT2D eigenvalue weighted by Gasteiger charge is -2.19. The predicted molar refractivity (Wildman–Crippen MR) is 60.1 cm³/mol. The number of likely N-dealkylation sites (N-methyl/N-ethyl adjacent to an activating group) is 1. The van der Waals surface area contributed by atoms with Gasteiger partial charge in [0, 0.05) is 19.1 Å². The van der Waals surface area contributed by atoms with E-state index in [1.165, 1.54) is 0 Å². The number of hydrogen-bond acceptors (Lipinski definition) is 4. The highest BCUT2D eigenvalue weighted by atomic mass is 32.2. The molecule has 0 aliphatic rings. The van der Waals surface area contributed by atoms with Crippen LogP contribution < -0.4 is 5.73 Å². The monoisotopic (exact) mass is 222 g/mol. The molecule has 0 bridgehead atoms. The second kappa shape index (κ2) is 5.68. The average molecular weight is 222 g/mol. The molecule has 0 saturated carbocycles. The van der Waals surface area contributed by atoms with Crippen LogP contribution in [0.5, 0.6) is 0 Å². The van der Waals surface area contributed by atoms with Gasteiger partial charge < -0.3 is 10.6 Å². The smallest absolute Gasteiger partial charge is 0.153 e. The van der Waals surface area contributed by atoms with Crippen molar-refractivity contribution < 1.29 is 8.42 Å². The molecule has 0 heterocycles. The molecular formula is C9H22N2O2S. The van der Waals surface area contributed by atoms with Crippen molar-refractivity contribution in [2.45, 2.75) is 32.1 Å². The first-order valence-corrected chi connectivity index (χ1v) is 6.63. The van der Waals surface area contributed by atoms with Crippen molar-refractivity contribution in [3.05, 3.63) is 0 Å². The molecule has 2 N–H and O–H groups in total. The van der Waals surface area contributed by atoms with Gasteiger partial charge in [-0.25, -0.2) is 8.42 Å². The van der Waals surface area contributed by atoms with Crippen LogP contribution in [0.25, 0.3) is 0 Å². The lowest BCUT2D eigenvalue weighted by atomic mass is 10.3. The molecule has 0 rings (SSSR count). The van der Waals surface area contributed by atoms with Crippen LogP contribution in [0, 0.1) is 0 Å². The van der Waals surface area contributed by atoms with Gasteiger partial charge in [0.15, 0.2) is 9.84 Å². The van der Waals surface area contributed by atoms with E-state index in [1.807, 2.05) is 18.9 Å². The highest BCUT2D eigenvalue weighted by molar-refractivity contribution is 7.92. The molecule has 1 atom stereocenters. The molecule has 0 amide bonds. The number of sulfone groups is 1. The second-order valence-electron chi connectivity index (χ2n) is 4.16. The van der Waals surface area contributed by atoms with Crippen molar-refractivity contribution in [2.75, 3.05) is 25.9 Å². The highest BCUT2D eigenvalue weighted by Crippen LogP contribution is 2.01. The van der Waals surface area contributed by atoms with Crippen molar-refractivity contribution in [3.8, 4) is 0 Å². The molecule has 5 heteroatoms. The zero-order chi connectivity index (χ0) is 11.4. The number of rotatable bonds is 6. The van der Waals surface area contributed by atoms with Crippen LogP contribution in [-0.2, 0) is 9.84 Å². The molecule has 86 valence electrons. The van der Waals surface area contributed by atoms with Crippen LogP contribution in [-0.4, -0.2) is 50.5 Å². The SMILES string of the molecule is CC(N)CN(C)CCS(=O)(=O)C(C)C. The van der Waals surface area contributed by atoms with E-state index in [9.17, 15) is 8.42 Å². The van der Waals surface area contributed by atoms with E-state index in [0.29, 0.717) is 6.54 Å². The topological polar surface area (TPSA) is 63.4 Å². The fourth-order valence-corrected chi connectivity index (χ4v) is 2.14. The summed E-state index contributed by atoms with van der Waals surface area (Å²) in [5.41, 5.74) is 5.60. The Labute approximate surface area is 87.4 Å². The molecule has 0 spiro atoms. The molecule has 0 aromatic heterocycles. The van der Waals surface area contributed by atoms with E-state index >= 15 is 0 Å². The van der Waals surface area contributed by atoms with Crippen molar-refractivity contribution in [2.24, 2.45) is 5.73 Å². The summed E-state index contributed by atoms with van der Waals surface area (Å²) in [5.74, 6) is 0.216. The Bertz CT molecular complexity index is 248. The van der Waals surface area contributed by atoms with Crippen molar-refractivity contribution in [1.29, 1.82) is 0 Å². The molecule has 4 nitrogen and oxygen atoms in total. The normalized spacial score (nSPS) is 15.1. The maximum Gasteiger partial charge on any atom is 0.153 e. The molecule has 14 heavy (non-hydrogen) atoms. The molecule has 0 fully saturated rings. The molecule has 0 aliphatic heterocycles. The summed E-state index contributed by atoms with van der Waals surface area (Å²) in [5, 5.41) is -0.286. The summed E-state index contributed by atoms with van der Waals surface area (Å²) in [7, 11) is -1.02. The van der Waals surface area contributed by atoms with Gasteiger partial charge in [0.1, 0.15) is 0 Å². The summed E-state index contributed by atoms with van der Waals surface area (Å²) >= 11 is 0. The zero-order valence-corrected chi connectivity index (χ0v) is 10.3. The first-order chi connectivity index (χ1) is 6.25. The van der Waals surface area contributed by atoms with E-state index in [-0.39, 0.29) is 17.0 Å². The van der Waals surface area contributed by atoms with Crippen LogP contribution in [0.3, 0.4) is 0 Å². The fourth-order valence-electron chi connectivity index (χ4n) is 1.10. The van der Waals surface area contributed by atoms with Gasteiger partial charge in [0.2, 0.25) is 0 Å². The van der Waals surface area contributed by atoms with Crippen LogP contribution in [0.15, 0.2) is 0 Å². The van der Waals surface area contributed by atoms with Gasteiger partial charge in [-0.3, -0.25) is 0 Å². The summed E-state index contributed by atoms with van der Waals surface area (Å²) in [6.45, 7) is 6.62. The van der Waals surface area contributed by atoms with Gasteiger partial charge in [0.05, 0.1) is 11.0 Å². The van der Waals surface area contributed by atoms with Gasteiger partial charge in [-0.2, -0.15) is 0 Å². The van der Waals surface area contributed by atoms with E-state index in [2.05, 4.69) is 0 Å². The minimum atomic E-state index is -2.91. The summed E-state index contributed by atoms with van der Waals surface area (Å²) in [4.78, 5) is 1.95. The van der Waals surface area contributed by atoms with E-state index in [0.717, 1.165) is 6.54 Å². The summed E-state index contributed by atoms with van der Waals surface area (Å²) in [6.07, 6.45) is 0. The molecule has 0 aromatic rings. The molecule has 0 saturated heterocycles. The molecular weight excluding hydrogens is 200 g/mol. The molecule has 0 aromatic carbocycles. The van der Waals surface area contributed by atoms with Gasteiger partial charge in [-0.15, -0.1) is 0 Å². The summed E-state index contributed by atoms with van der Waals surface area (Å²) < 4.78 is 22.9. The Morgan fingerprint density at radius 2 is 1.79 bits per heavy atom. The van der Waals surface area contributed by atoms with Crippen molar-refractivity contribution in [1.82, 2.24) is 4.90 Å². The Morgan fingerprint density at radius 3 is 2.14 bits per heavy atom. The van der Waals surface area contributed by atoms with Gasteiger partial charge in [-0.1, -0.05) is 0 Å². The minimum Gasteiger partial charge on any atom is -0.327 e. The van der Waals surface area contributed by atoms with Crippen LogP contribution in [0.2, 0.25) is 0 Å². The van der Waals surface area contributed by atoms with E-state index in [1.54, 1.807) is 13.8 Å². The van der Waals surface area contributed by atoms with Crippen molar-refractivity contribution >= 4 is 9.84 Å². The van der Waals surface area contributed by atoms with Gasteiger partial charge in [-0.05, 0) is 27.8 Å². The molecule has 0 radical (unpaired) electrons. The zero-order valence-electron chi connectivity index (χ0n) is 9.53. The largest absolute Gasteiger partial charge is 0.327 e. The van der Waals surface area contributed by atoms with Crippen LogP contribution in [0.4, 0.5) is 0 Å². The highest BCUT2D eigenvalue weighted by Gasteiger charge is 2.16. The maximum absolute atomic E-state index is 11.5. The van der Waals surface area contributed by atoms with E-state index < -0.39 is 9.84 Å². The van der Waals surface area contributed by atoms with Gasteiger partial charge >= 0.3 is 0 Å². The average Bonchev–Trinajstić information content (AvgIpc) is 1.99. The standard InChI is InChI=1S/C9H22N2O2S/c1-8(2)14(12,13)6-5-11(4)7-9(3)10/h8-9H,5-7,10H2,1-4H3. The van der Waals surface area contributed by atoms with Crippen molar-refractivity contribution in [3.63, 3.8) is 0 Å². The first-order valence-electron chi connectivity index (χ1n) is 4.91. The van der Waals surface area contributed by atoms with E-state index in [4.69, 9.17) is 5.73 Å². The quantitative estimate of drug-likeness (QED) is 0.692. The number of nitrogens with zero attached hydrogens (tertiary/aromatic N) is 1. The van der Waals surface area contributed by atoms with Gasteiger partial charge in [0.25, 0.3) is 0 Å². The third kappa shape index (κ3) is 5.57. The fraction of sp³-hybridized carbons (Fsp3) is 1.00. The third-order valence-electron chi connectivity index (χ3n) is 2.08. The minimum absolute atomic E-state index is 0.0850. The first kappa shape index (κ1) is 13.9. The Hall–Kier alpha value is -0.130. The van der Waals surface area contributed by atoms with Crippen LogP contribution in [0.1, 0.15) is 20.8 Å². The Balaban J connectivity index is 3.95. The lowest BCUT2D eigenvalue weighted by Crippen LogP contribution is -2.36.